The minimum atomic E-state index is -3.57. The quantitative estimate of drug-likeness (QED) is 0.776. The van der Waals surface area contributed by atoms with Crippen molar-refractivity contribution in [3.05, 3.63) is 29.8 Å². The average molecular weight is 338 g/mol. The van der Waals surface area contributed by atoms with E-state index in [-0.39, 0.29) is 16.7 Å². The van der Waals surface area contributed by atoms with Gasteiger partial charge in [0, 0.05) is 24.6 Å². The van der Waals surface area contributed by atoms with Crippen LogP contribution in [-0.2, 0) is 10.0 Å². The molecular formula is C17H26N2O3S. The summed E-state index contributed by atoms with van der Waals surface area (Å²) in [4.78, 5) is 12.1. The lowest BCUT2D eigenvalue weighted by Crippen LogP contribution is -2.46. The van der Waals surface area contributed by atoms with Gasteiger partial charge in [0.05, 0.1) is 4.90 Å². The Morgan fingerprint density at radius 3 is 2.57 bits per heavy atom. The number of carbonyl (C=O) groups is 1. The molecule has 23 heavy (non-hydrogen) atoms. The van der Waals surface area contributed by atoms with Gasteiger partial charge in [0.15, 0.2) is 5.78 Å². The number of Topliss-reactive ketones (excluding diaryl/α,β-unsaturated/α-hetero) is 1. The summed E-state index contributed by atoms with van der Waals surface area (Å²) in [6.07, 6.45) is 2.80. The average Bonchev–Trinajstić information content (AvgIpc) is 2.59. The van der Waals surface area contributed by atoms with Crippen molar-refractivity contribution < 1.29 is 13.2 Å². The molecule has 5 nitrogen and oxygen atoms in total. The van der Waals surface area contributed by atoms with Crippen molar-refractivity contribution in [3.8, 4) is 0 Å². The number of rotatable bonds is 7. The molecule has 0 atom stereocenters. The summed E-state index contributed by atoms with van der Waals surface area (Å²) < 4.78 is 27.8. The third-order valence-electron chi connectivity index (χ3n) is 4.24. The third kappa shape index (κ3) is 4.19. The van der Waals surface area contributed by atoms with E-state index < -0.39 is 10.0 Å². The predicted octanol–water partition coefficient (Wildman–Crippen LogP) is 2.43. The second-order valence-electron chi connectivity index (χ2n) is 5.90. The molecule has 0 saturated carbocycles. The Labute approximate surface area is 139 Å². The van der Waals surface area contributed by atoms with E-state index in [9.17, 15) is 13.2 Å². The number of hydrogen-bond donors (Lipinski definition) is 1. The summed E-state index contributed by atoms with van der Waals surface area (Å²) in [5.74, 6) is -0.0362. The molecule has 0 spiro atoms. The van der Waals surface area contributed by atoms with Crippen LogP contribution in [0.2, 0.25) is 0 Å². The largest absolute Gasteiger partial charge is 0.317 e. The summed E-state index contributed by atoms with van der Waals surface area (Å²) in [7, 11) is -3.57. The fourth-order valence-corrected chi connectivity index (χ4v) is 4.81. The van der Waals surface area contributed by atoms with E-state index >= 15 is 0 Å². The van der Waals surface area contributed by atoms with Crippen LogP contribution in [-0.4, -0.2) is 44.2 Å². The van der Waals surface area contributed by atoms with Gasteiger partial charge < -0.3 is 5.32 Å². The lowest BCUT2D eigenvalue weighted by Gasteiger charge is -2.33. The number of nitrogens with zero attached hydrogens (tertiary/aromatic N) is 1. The molecule has 1 fully saturated rings. The number of benzene rings is 1. The van der Waals surface area contributed by atoms with Crippen molar-refractivity contribution in [2.24, 2.45) is 0 Å². The number of carbonyl (C=O) groups excluding carboxylic acids is 1. The van der Waals surface area contributed by atoms with Crippen molar-refractivity contribution in [1.29, 1.82) is 0 Å². The van der Waals surface area contributed by atoms with Crippen LogP contribution in [0.1, 0.15) is 49.9 Å². The fourth-order valence-electron chi connectivity index (χ4n) is 2.98. The van der Waals surface area contributed by atoms with Crippen LogP contribution in [0.3, 0.4) is 0 Å². The highest BCUT2D eigenvalue weighted by molar-refractivity contribution is 7.89. The van der Waals surface area contributed by atoms with Crippen molar-refractivity contribution in [2.75, 3.05) is 19.6 Å². The highest BCUT2D eigenvalue weighted by Crippen LogP contribution is 2.24. The van der Waals surface area contributed by atoms with E-state index in [0.717, 1.165) is 32.4 Å². The van der Waals surface area contributed by atoms with E-state index in [4.69, 9.17) is 0 Å². The number of ketones is 1. The summed E-state index contributed by atoms with van der Waals surface area (Å²) in [5.41, 5.74) is 0.468. The molecule has 1 aliphatic heterocycles. The smallest absolute Gasteiger partial charge is 0.243 e. The van der Waals surface area contributed by atoms with Gasteiger partial charge in [-0.25, -0.2) is 8.42 Å². The first kappa shape index (κ1) is 18.1. The van der Waals surface area contributed by atoms with Crippen LogP contribution < -0.4 is 5.32 Å². The van der Waals surface area contributed by atoms with Gasteiger partial charge in [0.25, 0.3) is 0 Å². The molecule has 0 unspecified atom stereocenters. The Morgan fingerprint density at radius 2 is 1.96 bits per heavy atom. The Bertz CT molecular complexity index is 637. The van der Waals surface area contributed by atoms with E-state index in [1.807, 2.05) is 6.92 Å². The normalized spacial score (nSPS) is 16.7. The van der Waals surface area contributed by atoms with E-state index in [0.29, 0.717) is 18.5 Å². The van der Waals surface area contributed by atoms with Gasteiger partial charge in [-0.3, -0.25) is 4.79 Å². The van der Waals surface area contributed by atoms with Gasteiger partial charge >= 0.3 is 0 Å². The molecule has 0 aliphatic carbocycles. The summed E-state index contributed by atoms with van der Waals surface area (Å²) in [6, 6.07) is 6.48. The third-order valence-corrected chi connectivity index (χ3v) is 6.19. The SMILES string of the molecule is CCCN(C1CCNCC1)S(=O)(=O)c1cccc(C(=O)CC)c1. The molecule has 0 aromatic heterocycles. The van der Waals surface area contributed by atoms with Crippen molar-refractivity contribution in [3.63, 3.8) is 0 Å². The molecule has 6 heteroatoms. The minimum Gasteiger partial charge on any atom is -0.317 e. The molecule has 0 radical (unpaired) electrons. The molecule has 1 aromatic carbocycles. The molecular weight excluding hydrogens is 312 g/mol. The van der Waals surface area contributed by atoms with E-state index in [1.165, 1.54) is 6.07 Å². The molecule has 2 rings (SSSR count). The van der Waals surface area contributed by atoms with Gasteiger partial charge in [-0.05, 0) is 44.5 Å². The standard InChI is InChI=1S/C17H26N2O3S/c1-3-12-19(15-8-10-18-11-9-15)23(21,22)16-7-5-6-14(13-16)17(20)4-2/h5-7,13,15,18H,3-4,8-12H2,1-2H3. The summed E-state index contributed by atoms with van der Waals surface area (Å²) >= 11 is 0. The Hall–Kier alpha value is -1.24. The number of hydrogen-bond acceptors (Lipinski definition) is 4. The van der Waals surface area contributed by atoms with Crippen molar-refractivity contribution in [2.45, 2.75) is 50.5 Å². The van der Waals surface area contributed by atoms with Crippen LogP contribution in [0.15, 0.2) is 29.2 Å². The maximum atomic E-state index is 13.1. The van der Waals surface area contributed by atoms with Gasteiger partial charge in [0.2, 0.25) is 10.0 Å². The minimum absolute atomic E-state index is 0.0340. The first-order valence-electron chi connectivity index (χ1n) is 8.36. The van der Waals surface area contributed by atoms with Crippen molar-refractivity contribution >= 4 is 15.8 Å². The lowest BCUT2D eigenvalue weighted by atomic mass is 10.1. The maximum Gasteiger partial charge on any atom is 0.243 e. The topological polar surface area (TPSA) is 66.5 Å². The zero-order valence-corrected chi connectivity index (χ0v) is 14.7. The van der Waals surface area contributed by atoms with Gasteiger partial charge in [-0.2, -0.15) is 4.31 Å². The Kier molecular flexibility index (Phi) is 6.33. The number of sulfonamides is 1. The molecule has 1 aromatic rings. The highest BCUT2D eigenvalue weighted by atomic mass is 32.2. The van der Waals surface area contributed by atoms with E-state index in [1.54, 1.807) is 29.4 Å². The molecule has 1 aliphatic rings. The second-order valence-corrected chi connectivity index (χ2v) is 7.79. The van der Waals surface area contributed by atoms with Crippen LogP contribution in [0.25, 0.3) is 0 Å². The Balaban J connectivity index is 2.35. The fraction of sp³-hybridized carbons (Fsp3) is 0.588. The van der Waals surface area contributed by atoms with Gasteiger partial charge in [-0.15, -0.1) is 0 Å². The number of nitrogens with one attached hydrogen (secondary N) is 1. The predicted molar refractivity (Wildman–Crippen MR) is 91.1 cm³/mol. The van der Waals surface area contributed by atoms with Crippen LogP contribution in [0, 0.1) is 0 Å². The van der Waals surface area contributed by atoms with E-state index in [2.05, 4.69) is 5.32 Å². The van der Waals surface area contributed by atoms with Gasteiger partial charge in [0.1, 0.15) is 0 Å². The molecule has 1 N–H and O–H groups in total. The maximum absolute atomic E-state index is 13.1. The highest BCUT2D eigenvalue weighted by Gasteiger charge is 2.31. The first-order valence-corrected chi connectivity index (χ1v) is 9.80. The first-order chi connectivity index (χ1) is 11.0. The van der Waals surface area contributed by atoms with Crippen LogP contribution in [0.4, 0.5) is 0 Å². The molecule has 0 amide bonds. The molecule has 1 saturated heterocycles. The lowest BCUT2D eigenvalue weighted by molar-refractivity contribution is 0.0988. The van der Waals surface area contributed by atoms with Crippen LogP contribution in [0.5, 0.6) is 0 Å². The molecule has 1 heterocycles. The van der Waals surface area contributed by atoms with Gasteiger partial charge in [-0.1, -0.05) is 26.0 Å². The van der Waals surface area contributed by atoms with Crippen LogP contribution >= 0.6 is 0 Å². The summed E-state index contributed by atoms with van der Waals surface area (Å²) in [6.45, 7) is 5.96. The molecule has 0 bridgehead atoms. The van der Waals surface area contributed by atoms with Crippen molar-refractivity contribution in [1.82, 2.24) is 9.62 Å². The monoisotopic (exact) mass is 338 g/mol. The summed E-state index contributed by atoms with van der Waals surface area (Å²) in [5, 5.41) is 3.27. The Morgan fingerprint density at radius 1 is 1.26 bits per heavy atom. The number of piperidine rings is 1. The molecule has 128 valence electrons. The zero-order chi connectivity index (χ0) is 16.9. The zero-order valence-electron chi connectivity index (χ0n) is 13.9. The second kappa shape index (κ2) is 8.04.